The van der Waals surface area contributed by atoms with Gasteiger partial charge in [0.05, 0.1) is 31.5 Å². The Morgan fingerprint density at radius 2 is 2.12 bits per heavy atom. The highest BCUT2D eigenvalue weighted by molar-refractivity contribution is 5.79. The summed E-state index contributed by atoms with van der Waals surface area (Å²) in [5.74, 6) is 2.55. The van der Waals surface area contributed by atoms with Crippen molar-refractivity contribution in [3.8, 4) is 5.88 Å². The van der Waals surface area contributed by atoms with Crippen LogP contribution in [0.15, 0.2) is 61.1 Å². The maximum atomic E-state index is 5.90. The minimum atomic E-state index is 0.0455. The van der Waals surface area contributed by atoms with Crippen LogP contribution in [0.25, 0.3) is 10.9 Å². The quantitative estimate of drug-likeness (QED) is 0.412. The topological polar surface area (TPSA) is 109 Å². The fourth-order valence-corrected chi connectivity index (χ4v) is 3.89. The number of fused-ring (bicyclic) bond motifs is 2. The Morgan fingerprint density at radius 3 is 3.06 bits per heavy atom. The van der Waals surface area contributed by atoms with Crippen molar-refractivity contribution in [2.75, 3.05) is 29.0 Å². The van der Waals surface area contributed by atoms with Crippen LogP contribution in [0.4, 0.5) is 23.1 Å². The number of benzene rings is 1. The van der Waals surface area contributed by atoms with E-state index in [1.807, 2.05) is 29.3 Å². The van der Waals surface area contributed by atoms with Crippen molar-refractivity contribution < 1.29 is 9.47 Å². The average Bonchev–Trinajstić information content (AvgIpc) is 3.49. The first-order valence-electron chi connectivity index (χ1n) is 10.8. The minimum Gasteiger partial charge on any atom is -0.472 e. The molecule has 2 aliphatic heterocycles. The molecule has 0 amide bonds. The molecule has 166 valence electrons. The molecule has 6 rings (SSSR count). The Morgan fingerprint density at radius 1 is 1.12 bits per heavy atom. The molecule has 2 aliphatic rings. The Labute approximate surface area is 189 Å². The molecule has 0 radical (unpaired) electrons. The fourth-order valence-electron chi connectivity index (χ4n) is 3.89. The molecule has 0 saturated carbocycles. The van der Waals surface area contributed by atoms with Crippen molar-refractivity contribution in [1.29, 1.82) is 0 Å². The van der Waals surface area contributed by atoms with Crippen molar-refractivity contribution in [3.63, 3.8) is 0 Å². The summed E-state index contributed by atoms with van der Waals surface area (Å²) in [6.45, 7) is 1.93. The molecule has 10 nitrogen and oxygen atoms in total. The lowest BCUT2D eigenvalue weighted by Crippen LogP contribution is -2.35. The normalized spacial score (nSPS) is 17.1. The molecule has 1 fully saturated rings. The monoisotopic (exact) mass is 442 g/mol. The first-order valence-corrected chi connectivity index (χ1v) is 10.8. The lowest BCUT2D eigenvalue weighted by Gasteiger charge is -2.17. The lowest BCUT2D eigenvalue weighted by atomic mass is 10.1. The molecular weight excluding hydrogens is 420 g/mol. The van der Waals surface area contributed by atoms with E-state index >= 15 is 0 Å². The summed E-state index contributed by atoms with van der Waals surface area (Å²) in [4.78, 5) is 17.9. The Hall–Kier alpha value is -4.02. The molecular formula is C23H22N8O2. The average molecular weight is 442 g/mol. The van der Waals surface area contributed by atoms with Gasteiger partial charge in [0, 0.05) is 36.0 Å². The van der Waals surface area contributed by atoms with Crippen LogP contribution in [-0.4, -0.2) is 39.3 Å². The van der Waals surface area contributed by atoms with Gasteiger partial charge >= 0.3 is 0 Å². The van der Waals surface area contributed by atoms with E-state index < -0.39 is 0 Å². The predicted octanol–water partition coefficient (Wildman–Crippen LogP) is 3.18. The van der Waals surface area contributed by atoms with Gasteiger partial charge in [-0.3, -0.25) is 15.4 Å². The van der Waals surface area contributed by atoms with E-state index in [0.29, 0.717) is 36.5 Å². The maximum absolute atomic E-state index is 5.90. The first kappa shape index (κ1) is 19.6. The molecule has 1 saturated heterocycles. The number of hydrogen-bond acceptors (Lipinski definition) is 10. The van der Waals surface area contributed by atoms with Crippen LogP contribution >= 0.6 is 0 Å². The number of hydrogen-bond donors (Lipinski definition) is 3. The first-order chi connectivity index (χ1) is 16.3. The number of aromatic nitrogens is 4. The number of ether oxygens (including phenoxy) is 2. The summed E-state index contributed by atoms with van der Waals surface area (Å²) < 4.78 is 11.3. The highest BCUT2D eigenvalue weighted by atomic mass is 16.5. The summed E-state index contributed by atoms with van der Waals surface area (Å²) in [7, 11) is 0. The van der Waals surface area contributed by atoms with Crippen molar-refractivity contribution in [3.05, 3.63) is 66.6 Å². The number of anilines is 4. The fraction of sp³-hybridized carbons (Fsp3) is 0.217. The van der Waals surface area contributed by atoms with E-state index in [0.717, 1.165) is 35.2 Å². The highest BCUT2D eigenvalue weighted by Crippen LogP contribution is 2.29. The lowest BCUT2D eigenvalue weighted by molar-refractivity contribution is 0.138. The molecule has 0 aliphatic carbocycles. The third-order valence-electron chi connectivity index (χ3n) is 5.51. The third-order valence-corrected chi connectivity index (χ3v) is 5.51. The molecule has 3 N–H and O–H groups in total. The van der Waals surface area contributed by atoms with Gasteiger partial charge in [0.25, 0.3) is 0 Å². The SMILES string of the molecule is c1cnc2ccc(CN3NNc4ncc(Nc5ccnc(O[C@H]6CCOC6)c5)nc43)cc2c1. The summed E-state index contributed by atoms with van der Waals surface area (Å²) in [5, 5.41) is 6.32. The molecule has 1 aromatic carbocycles. The number of hydrazine groups is 2. The molecule has 0 spiro atoms. The summed E-state index contributed by atoms with van der Waals surface area (Å²) in [6.07, 6.45) is 6.11. The maximum Gasteiger partial charge on any atom is 0.215 e. The second kappa shape index (κ2) is 8.49. The Kier molecular flexibility index (Phi) is 5.06. The smallest absolute Gasteiger partial charge is 0.215 e. The van der Waals surface area contributed by atoms with Crippen LogP contribution in [0.2, 0.25) is 0 Å². The number of rotatable bonds is 6. The van der Waals surface area contributed by atoms with Crippen molar-refractivity contribution in [2.24, 2.45) is 0 Å². The Balaban J connectivity index is 1.19. The number of pyridine rings is 2. The van der Waals surface area contributed by atoms with Gasteiger partial charge in [-0.25, -0.2) is 15.0 Å². The molecule has 1 atom stereocenters. The third kappa shape index (κ3) is 4.21. The summed E-state index contributed by atoms with van der Waals surface area (Å²) >= 11 is 0. The van der Waals surface area contributed by atoms with Gasteiger partial charge < -0.3 is 14.8 Å². The van der Waals surface area contributed by atoms with Gasteiger partial charge in [-0.05, 0) is 29.8 Å². The van der Waals surface area contributed by atoms with E-state index in [9.17, 15) is 0 Å². The standard InChI is InChI=1S/C23H22N8O2/c1-2-16-10-15(3-4-19(16)24-7-1)13-31-23-22(29-30-31)26-12-20(28-23)27-17-5-8-25-21(11-17)33-18-6-9-32-14-18/h1-5,7-8,10-12,18,30H,6,9,13-14H2,(H,26,29)(H,25,27,28)/t18-/m0/s1. The largest absolute Gasteiger partial charge is 0.472 e. The van der Waals surface area contributed by atoms with Crippen molar-refractivity contribution in [1.82, 2.24) is 25.5 Å². The van der Waals surface area contributed by atoms with Gasteiger partial charge in [0.15, 0.2) is 17.5 Å². The van der Waals surface area contributed by atoms with E-state index in [-0.39, 0.29) is 6.10 Å². The van der Waals surface area contributed by atoms with Crippen LogP contribution in [0.5, 0.6) is 5.88 Å². The van der Waals surface area contributed by atoms with Gasteiger partial charge in [-0.15, -0.1) is 5.53 Å². The zero-order chi connectivity index (χ0) is 22.0. The van der Waals surface area contributed by atoms with Crippen molar-refractivity contribution >= 4 is 34.0 Å². The zero-order valence-electron chi connectivity index (χ0n) is 17.7. The highest BCUT2D eigenvalue weighted by Gasteiger charge is 2.23. The second-order valence-electron chi connectivity index (χ2n) is 7.89. The van der Waals surface area contributed by atoms with Crippen LogP contribution in [0, 0.1) is 0 Å². The van der Waals surface area contributed by atoms with Gasteiger partial charge in [0.2, 0.25) is 5.88 Å². The van der Waals surface area contributed by atoms with Gasteiger partial charge in [-0.2, -0.15) is 0 Å². The number of nitrogens with one attached hydrogen (secondary N) is 3. The number of nitrogens with zero attached hydrogens (tertiary/aromatic N) is 5. The van der Waals surface area contributed by atoms with Crippen LogP contribution in [0.3, 0.4) is 0 Å². The van der Waals surface area contributed by atoms with E-state index in [1.54, 1.807) is 18.6 Å². The molecule has 10 heteroatoms. The van der Waals surface area contributed by atoms with Gasteiger partial charge in [-0.1, -0.05) is 12.1 Å². The Bertz CT molecular complexity index is 1290. The van der Waals surface area contributed by atoms with Crippen LogP contribution in [-0.2, 0) is 11.3 Å². The van der Waals surface area contributed by atoms with Crippen molar-refractivity contribution in [2.45, 2.75) is 19.1 Å². The molecule has 3 aromatic heterocycles. The molecule has 0 bridgehead atoms. The predicted molar refractivity (Wildman–Crippen MR) is 124 cm³/mol. The summed E-state index contributed by atoms with van der Waals surface area (Å²) in [5.41, 5.74) is 9.12. The molecule has 0 unspecified atom stereocenters. The van der Waals surface area contributed by atoms with Crippen LogP contribution in [0.1, 0.15) is 12.0 Å². The van der Waals surface area contributed by atoms with E-state index in [2.05, 4.69) is 49.4 Å². The van der Waals surface area contributed by atoms with Gasteiger partial charge in [0.1, 0.15) is 6.10 Å². The summed E-state index contributed by atoms with van der Waals surface area (Å²) in [6, 6.07) is 13.9. The molecule has 33 heavy (non-hydrogen) atoms. The second-order valence-corrected chi connectivity index (χ2v) is 7.89. The molecule has 5 heterocycles. The zero-order valence-corrected chi connectivity index (χ0v) is 17.7. The minimum absolute atomic E-state index is 0.0455. The van der Waals surface area contributed by atoms with E-state index in [1.165, 1.54) is 0 Å². The molecule has 4 aromatic rings. The van der Waals surface area contributed by atoms with Crippen LogP contribution < -0.4 is 26.0 Å². The van der Waals surface area contributed by atoms with E-state index in [4.69, 9.17) is 14.5 Å².